The predicted molar refractivity (Wildman–Crippen MR) is 75.8 cm³/mol. The van der Waals surface area contributed by atoms with Crippen LogP contribution < -0.4 is 5.32 Å². The molecule has 2 nitrogen and oxygen atoms in total. The summed E-state index contributed by atoms with van der Waals surface area (Å²) in [5, 5.41) is 3.38. The van der Waals surface area contributed by atoms with Crippen LogP contribution in [0.25, 0.3) is 0 Å². The number of rotatable bonds is 4. The minimum Gasteiger partial charge on any atom is -0.356 e. The highest BCUT2D eigenvalue weighted by Gasteiger charge is 2.24. The molecule has 2 aliphatic rings. The molecule has 0 aromatic carbocycles. The van der Waals surface area contributed by atoms with E-state index >= 15 is 0 Å². The second-order valence-electron chi connectivity index (χ2n) is 6.07. The summed E-state index contributed by atoms with van der Waals surface area (Å²) in [5.41, 5.74) is 0. The summed E-state index contributed by atoms with van der Waals surface area (Å²) >= 11 is 6.31. The Balaban J connectivity index is 1.64. The molecule has 0 aromatic rings. The van der Waals surface area contributed by atoms with Crippen molar-refractivity contribution in [2.75, 3.05) is 6.54 Å². The molecule has 1 amide bonds. The van der Waals surface area contributed by atoms with E-state index in [1.165, 1.54) is 51.4 Å². The monoisotopic (exact) mass is 271 g/mol. The molecule has 2 atom stereocenters. The maximum atomic E-state index is 11.9. The molecule has 18 heavy (non-hydrogen) atoms. The number of halogens is 1. The van der Waals surface area contributed by atoms with E-state index < -0.39 is 0 Å². The molecule has 2 unspecified atom stereocenters. The Kier molecular flexibility index (Phi) is 5.81. The van der Waals surface area contributed by atoms with Crippen LogP contribution >= 0.6 is 11.6 Å². The molecule has 3 heteroatoms. The normalized spacial score (nSPS) is 30.1. The summed E-state index contributed by atoms with van der Waals surface area (Å²) in [6.07, 6.45) is 12.0. The smallest absolute Gasteiger partial charge is 0.220 e. The highest BCUT2D eigenvalue weighted by Crippen LogP contribution is 2.28. The van der Waals surface area contributed by atoms with E-state index in [0.717, 1.165) is 19.4 Å². The van der Waals surface area contributed by atoms with Crippen LogP contribution in [0.4, 0.5) is 0 Å². The van der Waals surface area contributed by atoms with Crippen LogP contribution in [0.15, 0.2) is 0 Å². The number of nitrogens with one attached hydrogen (secondary N) is 1. The average molecular weight is 272 g/mol. The largest absolute Gasteiger partial charge is 0.356 e. The molecule has 0 aliphatic heterocycles. The van der Waals surface area contributed by atoms with Gasteiger partial charge < -0.3 is 5.32 Å². The van der Waals surface area contributed by atoms with E-state index in [9.17, 15) is 4.79 Å². The minimum atomic E-state index is 0.247. The lowest BCUT2D eigenvalue weighted by atomic mass is 9.86. The summed E-state index contributed by atoms with van der Waals surface area (Å²) in [5.74, 6) is 1.38. The van der Waals surface area contributed by atoms with Gasteiger partial charge in [0.15, 0.2) is 0 Å². The van der Waals surface area contributed by atoms with Crippen molar-refractivity contribution in [3.63, 3.8) is 0 Å². The Bertz CT molecular complexity index is 263. The number of hydrogen-bond acceptors (Lipinski definition) is 1. The van der Waals surface area contributed by atoms with Gasteiger partial charge in [-0.2, -0.15) is 0 Å². The van der Waals surface area contributed by atoms with Gasteiger partial charge in [-0.3, -0.25) is 4.79 Å². The maximum Gasteiger partial charge on any atom is 0.220 e. The van der Waals surface area contributed by atoms with Gasteiger partial charge in [0.05, 0.1) is 0 Å². The standard InChI is InChI=1S/C15H26ClNO/c16-14-9-5-4-8-13(14)11-17-15(18)10-12-6-2-1-3-7-12/h12-14H,1-11H2,(H,17,18). The van der Waals surface area contributed by atoms with Crippen molar-refractivity contribution in [1.82, 2.24) is 5.32 Å². The molecule has 2 aliphatic carbocycles. The van der Waals surface area contributed by atoms with Crippen molar-refractivity contribution in [3.8, 4) is 0 Å². The van der Waals surface area contributed by atoms with E-state index in [1.807, 2.05) is 0 Å². The first-order valence-corrected chi connectivity index (χ1v) is 8.10. The van der Waals surface area contributed by atoms with Crippen molar-refractivity contribution in [3.05, 3.63) is 0 Å². The molecule has 0 spiro atoms. The van der Waals surface area contributed by atoms with E-state index in [-0.39, 0.29) is 11.3 Å². The zero-order valence-electron chi connectivity index (χ0n) is 11.3. The Morgan fingerprint density at radius 3 is 2.39 bits per heavy atom. The van der Waals surface area contributed by atoms with Gasteiger partial charge in [0, 0.05) is 18.3 Å². The third-order valence-electron chi connectivity index (χ3n) is 4.58. The van der Waals surface area contributed by atoms with Crippen LogP contribution in [0.3, 0.4) is 0 Å². The van der Waals surface area contributed by atoms with E-state index in [0.29, 0.717) is 11.8 Å². The second-order valence-corrected chi connectivity index (χ2v) is 6.63. The van der Waals surface area contributed by atoms with Gasteiger partial charge in [-0.15, -0.1) is 11.6 Å². The molecule has 0 saturated heterocycles. The molecular formula is C15H26ClNO. The van der Waals surface area contributed by atoms with Gasteiger partial charge >= 0.3 is 0 Å². The zero-order chi connectivity index (χ0) is 12.8. The fraction of sp³-hybridized carbons (Fsp3) is 0.933. The molecule has 0 radical (unpaired) electrons. The third kappa shape index (κ3) is 4.46. The van der Waals surface area contributed by atoms with Gasteiger partial charge in [-0.1, -0.05) is 32.1 Å². The lowest BCUT2D eigenvalue weighted by Crippen LogP contribution is -2.35. The molecule has 1 N–H and O–H groups in total. The van der Waals surface area contributed by atoms with Crippen molar-refractivity contribution >= 4 is 17.5 Å². The lowest BCUT2D eigenvalue weighted by Gasteiger charge is -2.27. The van der Waals surface area contributed by atoms with Gasteiger partial charge in [0.25, 0.3) is 0 Å². The molecule has 0 heterocycles. The summed E-state index contributed by atoms with van der Waals surface area (Å²) in [4.78, 5) is 11.9. The van der Waals surface area contributed by atoms with Crippen molar-refractivity contribution in [2.24, 2.45) is 11.8 Å². The second kappa shape index (κ2) is 7.37. The fourth-order valence-corrected chi connectivity index (χ4v) is 3.73. The summed E-state index contributed by atoms with van der Waals surface area (Å²) < 4.78 is 0. The average Bonchev–Trinajstić information content (AvgIpc) is 2.39. The molecular weight excluding hydrogens is 246 g/mol. The Hall–Kier alpha value is -0.240. The Morgan fingerprint density at radius 1 is 1.00 bits per heavy atom. The van der Waals surface area contributed by atoms with Crippen LogP contribution in [0.2, 0.25) is 0 Å². The minimum absolute atomic E-state index is 0.247. The predicted octanol–water partition coefficient (Wildman–Crippen LogP) is 3.87. The van der Waals surface area contributed by atoms with Crippen LogP contribution in [-0.2, 0) is 4.79 Å². The topological polar surface area (TPSA) is 29.1 Å². The highest BCUT2D eigenvalue weighted by atomic mass is 35.5. The molecule has 2 fully saturated rings. The summed E-state index contributed by atoms with van der Waals surface area (Å²) in [7, 11) is 0. The van der Waals surface area contributed by atoms with Gasteiger partial charge in [-0.25, -0.2) is 0 Å². The van der Waals surface area contributed by atoms with Crippen molar-refractivity contribution in [2.45, 2.75) is 69.6 Å². The van der Waals surface area contributed by atoms with Crippen molar-refractivity contribution in [1.29, 1.82) is 0 Å². The number of alkyl halides is 1. The van der Waals surface area contributed by atoms with Gasteiger partial charge in [0.2, 0.25) is 5.91 Å². The number of carbonyl (C=O) groups is 1. The Labute approximate surface area is 116 Å². The first-order chi connectivity index (χ1) is 8.75. The maximum absolute atomic E-state index is 11.9. The molecule has 104 valence electrons. The van der Waals surface area contributed by atoms with Crippen molar-refractivity contribution < 1.29 is 4.79 Å². The third-order valence-corrected chi connectivity index (χ3v) is 5.15. The van der Waals surface area contributed by atoms with Gasteiger partial charge in [0.1, 0.15) is 0 Å². The van der Waals surface area contributed by atoms with Crippen LogP contribution in [0.1, 0.15) is 64.2 Å². The number of hydrogen-bond donors (Lipinski definition) is 1. The molecule has 0 aromatic heterocycles. The lowest BCUT2D eigenvalue weighted by molar-refractivity contribution is -0.122. The molecule has 0 bridgehead atoms. The van der Waals surface area contributed by atoms with Crippen LogP contribution in [0.5, 0.6) is 0 Å². The van der Waals surface area contributed by atoms with Crippen LogP contribution in [-0.4, -0.2) is 17.8 Å². The first-order valence-electron chi connectivity index (χ1n) is 7.66. The van der Waals surface area contributed by atoms with E-state index in [2.05, 4.69) is 5.32 Å². The Morgan fingerprint density at radius 2 is 1.67 bits per heavy atom. The number of amides is 1. The molecule has 2 saturated carbocycles. The molecule has 2 rings (SSSR count). The van der Waals surface area contributed by atoms with E-state index in [4.69, 9.17) is 11.6 Å². The zero-order valence-corrected chi connectivity index (χ0v) is 12.1. The summed E-state index contributed by atoms with van der Waals surface area (Å²) in [6.45, 7) is 0.791. The van der Waals surface area contributed by atoms with Gasteiger partial charge in [-0.05, 0) is 37.5 Å². The van der Waals surface area contributed by atoms with Crippen LogP contribution in [0, 0.1) is 11.8 Å². The van der Waals surface area contributed by atoms with E-state index in [1.54, 1.807) is 0 Å². The summed E-state index contributed by atoms with van der Waals surface area (Å²) in [6, 6.07) is 0. The first kappa shape index (κ1) is 14.2. The highest BCUT2D eigenvalue weighted by molar-refractivity contribution is 6.20. The fourth-order valence-electron chi connectivity index (χ4n) is 3.36. The SMILES string of the molecule is O=C(CC1CCCCC1)NCC1CCCCC1Cl. The quantitative estimate of drug-likeness (QED) is 0.773. The number of carbonyl (C=O) groups excluding carboxylic acids is 1.